The molecular formula is C28H19N. The molecule has 0 spiro atoms. The SMILES string of the molecule is C=C1C=Cc2ccc3c4cc(-c5ccccc5)ccc4n(-c4ccccc4)c3c21. The Morgan fingerprint density at radius 3 is 2.17 bits per heavy atom. The zero-order valence-electron chi connectivity index (χ0n) is 16.0. The Kier molecular flexibility index (Phi) is 3.39. The molecule has 0 atom stereocenters. The van der Waals surface area contributed by atoms with Crippen LogP contribution in [0.25, 0.3) is 50.3 Å². The summed E-state index contributed by atoms with van der Waals surface area (Å²) in [5.74, 6) is 0. The monoisotopic (exact) mass is 369 g/mol. The fourth-order valence-electron chi connectivity index (χ4n) is 4.53. The smallest absolute Gasteiger partial charge is 0.0625 e. The van der Waals surface area contributed by atoms with Crippen molar-refractivity contribution in [1.29, 1.82) is 0 Å². The summed E-state index contributed by atoms with van der Waals surface area (Å²) in [6.45, 7) is 4.32. The summed E-state index contributed by atoms with van der Waals surface area (Å²) >= 11 is 0. The highest BCUT2D eigenvalue weighted by Crippen LogP contribution is 2.41. The van der Waals surface area contributed by atoms with Crippen molar-refractivity contribution in [3.63, 3.8) is 0 Å². The fourth-order valence-corrected chi connectivity index (χ4v) is 4.53. The zero-order valence-corrected chi connectivity index (χ0v) is 16.0. The topological polar surface area (TPSA) is 4.93 Å². The van der Waals surface area contributed by atoms with Crippen LogP contribution in [0.5, 0.6) is 0 Å². The molecule has 1 aromatic heterocycles. The van der Waals surface area contributed by atoms with Crippen molar-refractivity contribution in [2.45, 2.75) is 0 Å². The first-order chi connectivity index (χ1) is 14.3. The highest BCUT2D eigenvalue weighted by molar-refractivity contribution is 6.15. The van der Waals surface area contributed by atoms with Gasteiger partial charge in [0.1, 0.15) is 0 Å². The molecule has 5 aromatic rings. The molecule has 4 aromatic carbocycles. The molecule has 1 nitrogen and oxygen atoms in total. The molecule has 6 rings (SSSR count). The molecule has 0 aliphatic heterocycles. The normalized spacial score (nSPS) is 12.8. The van der Waals surface area contributed by atoms with Crippen LogP contribution in [-0.2, 0) is 0 Å². The van der Waals surface area contributed by atoms with Crippen molar-refractivity contribution in [2.24, 2.45) is 0 Å². The summed E-state index contributed by atoms with van der Waals surface area (Å²) in [6.07, 6.45) is 4.28. The van der Waals surface area contributed by atoms with E-state index in [4.69, 9.17) is 0 Å². The molecule has 0 unspecified atom stereocenters. The third kappa shape index (κ3) is 2.34. The average molecular weight is 369 g/mol. The molecule has 29 heavy (non-hydrogen) atoms. The average Bonchev–Trinajstić information content (AvgIpc) is 3.32. The number of para-hydroxylation sites is 1. The van der Waals surface area contributed by atoms with E-state index in [2.05, 4.69) is 114 Å². The minimum absolute atomic E-state index is 1.08. The van der Waals surface area contributed by atoms with E-state index in [-0.39, 0.29) is 0 Å². The lowest BCUT2D eigenvalue weighted by Crippen LogP contribution is -1.96. The number of hydrogen-bond donors (Lipinski definition) is 0. The maximum atomic E-state index is 4.32. The van der Waals surface area contributed by atoms with Crippen LogP contribution in [0, 0.1) is 0 Å². The molecule has 1 heteroatoms. The van der Waals surface area contributed by atoms with Gasteiger partial charge < -0.3 is 4.57 Å². The molecule has 1 heterocycles. The minimum Gasteiger partial charge on any atom is -0.309 e. The third-order valence-corrected chi connectivity index (χ3v) is 5.87. The van der Waals surface area contributed by atoms with Gasteiger partial charge in [0.05, 0.1) is 11.0 Å². The Bertz CT molecular complexity index is 1430. The maximum Gasteiger partial charge on any atom is 0.0625 e. The van der Waals surface area contributed by atoms with Gasteiger partial charge in [-0.15, -0.1) is 0 Å². The Morgan fingerprint density at radius 2 is 1.38 bits per heavy atom. The lowest BCUT2D eigenvalue weighted by molar-refractivity contribution is 1.18. The van der Waals surface area contributed by atoms with Gasteiger partial charge in [-0.05, 0) is 46.5 Å². The van der Waals surface area contributed by atoms with Gasteiger partial charge in [0.15, 0.2) is 0 Å². The van der Waals surface area contributed by atoms with Crippen molar-refractivity contribution in [3.8, 4) is 16.8 Å². The molecule has 0 fully saturated rings. The van der Waals surface area contributed by atoms with Gasteiger partial charge in [-0.25, -0.2) is 0 Å². The van der Waals surface area contributed by atoms with E-state index in [9.17, 15) is 0 Å². The lowest BCUT2D eigenvalue weighted by atomic mass is 10.00. The second-order valence-electron chi connectivity index (χ2n) is 7.55. The maximum absolute atomic E-state index is 4.32. The number of hydrogen-bond acceptors (Lipinski definition) is 0. The first-order valence-electron chi connectivity index (χ1n) is 9.91. The predicted octanol–water partition coefficient (Wildman–Crippen LogP) is 7.49. The molecular weight excluding hydrogens is 350 g/mol. The van der Waals surface area contributed by atoms with Gasteiger partial charge >= 0.3 is 0 Å². The van der Waals surface area contributed by atoms with E-state index in [0.717, 1.165) is 5.57 Å². The van der Waals surface area contributed by atoms with Gasteiger partial charge in [0.2, 0.25) is 0 Å². The molecule has 0 saturated carbocycles. The molecule has 136 valence electrons. The Hall–Kier alpha value is -3.84. The number of nitrogens with zero attached hydrogens (tertiary/aromatic N) is 1. The second kappa shape index (κ2) is 6.08. The van der Waals surface area contributed by atoms with E-state index in [1.54, 1.807) is 0 Å². The summed E-state index contributed by atoms with van der Waals surface area (Å²) in [7, 11) is 0. The molecule has 0 radical (unpaired) electrons. The largest absolute Gasteiger partial charge is 0.309 e. The van der Waals surface area contributed by atoms with Crippen LogP contribution < -0.4 is 0 Å². The number of rotatable bonds is 2. The van der Waals surface area contributed by atoms with Crippen LogP contribution in [0.1, 0.15) is 11.1 Å². The number of allylic oxidation sites excluding steroid dienone is 2. The highest BCUT2D eigenvalue weighted by Gasteiger charge is 2.20. The molecule has 1 aliphatic rings. The van der Waals surface area contributed by atoms with Crippen LogP contribution >= 0.6 is 0 Å². The summed E-state index contributed by atoms with van der Waals surface area (Å²) in [5.41, 5.74) is 9.67. The Morgan fingerprint density at radius 1 is 0.621 bits per heavy atom. The predicted molar refractivity (Wildman–Crippen MR) is 124 cm³/mol. The molecule has 0 N–H and O–H groups in total. The van der Waals surface area contributed by atoms with Gasteiger partial charge in [0.25, 0.3) is 0 Å². The van der Waals surface area contributed by atoms with Crippen molar-refractivity contribution < 1.29 is 0 Å². The van der Waals surface area contributed by atoms with Crippen LogP contribution in [0.4, 0.5) is 0 Å². The third-order valence-electron chi connectivity index (χ3n) is 5.87. The van der Waals surface area contributed by atoms with E-state index < -0.39 is 0 Å². The lowest BCUT2D eigenvalue weighted by Gasteiger charge is -2.11. The molecule has 0 amide bonds. The Balaban J connectivity index is 1.76. The molecule has 0 bridgehead atoms. The summed E-state index contributed by atoms with van der Waals surface area (Å²) < 4.78 is 2.39. The number of benzene rings is 4. The zero-order chi connectivity index (χ0) is 19.4. The van der Waals surface area contributed by atoms with Crippen LogP contribution in [-0.4, -0.2) is 4.57 Å². The molecule has 1 aliphatic carbocycles. The Labute approximate surface area is 169 Å². The quantitative estimate of drug-likeness (QED) is 0.304. The first kappa shape index (κ1) is 16.1. The van der Waals surface area contributed by atoms with Crippen molar-refractivity contribution in [1.82, 2.24) is 4.57 Å². The minimum atomic E-state index is 1.08. The number of fused-ring (bicyclic) bond motifs is 5. The summed E-state index contributed by atoms with van der Waals surface area (Å²) in [4.78, 5) is 0. The van der Waals surface area contributed by atoms with Crippen LogP contribution in [0.2, 0.25) is 0 Å². The van der Waals surface area contributed by atoms with Crippen LogP contribution in [0.3, 0.4) is 0 Å². The van der Waals surface area contributed by atoms with E-state index in [1.807, 2.05) is 0 Å². The van der Waals surface area contributed by atoms with Gasteiger partial charge in [0, 0.05) is 22.0 Å². The second-order valence-corrected chi connectivity index (χ2v) is 7.55. The van der Waals surface area contributed by atoms with Gasteiger partial charge in [-0.3, -0.25) is 0 Å². The van der Waals surface area contributed by atoms with Crippen molar-refractivity contribution in [2.75, 3.05) is 0 Å². The highest BCUT2D eigenvalue weighted by atomic mass is 15.0. The van der Waals surface area contributed by atoms with E-state index >= 15 is 0 Å². The standard InChI is InChI=1S/C28H19N/c1-19-12-13-21-14-16-24-25-18-22(20-8-4-2-5-9-20)15-17-26(25)29(28(24)27(19)21)23-10-6-3-7-11-23/h2-18H,1H2. The van der Waals surface area contributed by atoms with Crippen molar-refractivity contribution in [3.05, 3.63) is 115 Å². The molecule has 0 saturated heterocycles. The summed E-state index contributed by atoms with van der Waals surface area (Å²) in [6, 6.07) is 32.5. The van der Waals surface area contributed by atoms with Gasteiger partial charge in [-0.2, -0.15) is 0 Å². The first-order valence-corrected chi connectivity index (χ1v) is 9.91. The fraction of sp³-hybridized carbons (Fsp3) is 0. The van der Waals surface area contributed by atoms with E-state index in [0.29, 0.717) is 0 Å². The van der Waals surface area contributed by atoms with Crippen LogP contribution in [0.15, 0.2) is 104 Å². The van der Waals surface area contributed by atoms with Gasteiger partial charge in [-0.1, -0.05) is 85.5 Å². The number of aromatic nitrogens is 1. The van der Waals surface area contributed by atoms with Crippen molar-refractivity contribution >= 4 is 33.5 Å². The summed E-state index contributed by atoms with van der Waals surface area (Å²) in [5, 5.41) is 2.54. The van der Waals surface area contributed by atoms with E-state index in [1.165, 1.54) is 49.7 Å².